The van der Waals surface area contributed by atoms with E-state index in [4.69, 9.17) is 4.42 Å². The van der Waals surface area contributed by atoms with Crippen molar-refractivity contribution in [2.45, 2.75) is 25.7 Å². The maximum Gasteiger partial charge on any atom is 0.349 e. The van der Waals surface area contributed by atoms with E-state index in [1.54, 1.807) is 25.3 Å². The number of rotatable bonds is 3. The van der Waals surface area contributed by atoms with E-state index in [-0.39, 0.29) is 11.5 Å². The van der Waals surface area contributed by atoms with Gasteiger partial charge in [0.25, 0.3) is 5.91 Å². The molecule has 1 aromatic carbocycles. The van der Waals surface area contributed by atoms with Gasteiger partial charge in [0, 0.05) is 23.5 Å². The normalized spacial score (nSPS) is 17.3. The van der Waals surface area contributed by atoms with Crippen LogP contribution in [0.3, 0.4) is 0 Å². The largest absolute Gasteiger partial charge is 0.427 e. The van der Waals surface area contributed by atoms with Gasteiger partial charge in [0.1, 0.15) is 11.3 Å². The molecule has 1 amide bonds. The number of carbonyl (C=O) groups is 1. The molecular weight excluding hydrogens is 332 g/mol. The van der Waals surface area contributed by atoms with E-state index in [0.717, 1.165) is 36.8 Å². The number of hydrogen-bond acceptors (Lipinski definition) is 5. The van der Waals surface area contributed by atoms with Gasteiger partial charge in [-0.3, -0.25) is 9.89 Å². The fourth-order valence-corrected chi connectivity index (χ4v) is 3.41. The lowest BCUT2D eigenvalue weighted by Gasteiger charge is -2.22. The highest BCUT2D eigenvalue weighted by atomic mass is 16.4. The van der Waals surface area contributed by atoms with E-state index < -0.39 is 11.5 Å². The van der Waals surface area contributed by atoms with Crippen LogP contribution in [0.2, 0.25) is 0 Å². The summed E-state index contributed by atoms with van der Waals surface area (Å²) in [5, 5.41) is 13.8. The van der Waals surface area contributed by atoms with E-state index in [0.29, 0.717) is 17.0 Å². The molecule has 1 unspecified atom stereocenters. The van der Waals surface area contributed by atoms with Crippen molar-refractivity contribution in [2.75, 3.05) is 18.4 Å². The molecule has 26 heavy (non-hydrogen) atoms. The van der Waals surface area contributed by atoms with Crippen LogP contribution in [0.1, 0.15) is 40.4 Å². The van der Waals surface area contributed by atoms with E-state index in [9.17, 15) is 9.59 Å². The van der Waals surface area contributed by atoms with Crippen molar-refractivity contribution in [3.05, 3.63) is 57.8 Å². The lowest BCUT2D eigenvalue weighted by molar-refractivity contribution is 0.102. The van der Waals surface area contributed by atoms with Crippen LogP contribution in [0.4, 0.5) is 5.69 Å². The summed E-state index contributed by atoms with van der Waals surface area (Å²) in [4.78, 5) is 25.1. The summed E-state index contributed by atoms with van der Waals surface area (Å²) in [6.07, 6.45) is 3.73. The van der Waals surface area contributed by atoms with Gasteiger partial charge in [0.2, 0.25) is 0 Å². The molecule has 1 saturated heterocycles. The van der Waals surface area contributed by atoms with Crippen molar-refractivity contribution in [3.63, 3.8) is 0 Å². The average molecular weight is 352 g/mol. The van der Waals surface area contributed by atoms with E-state index in [1.807, 2.05) is 12.1 Å². The van der Waals surface area contributed by atoms with Gasteiger partial charge in [-0.2, -0.15) is 5.10 Å². The van der Waals surface area contributed by atoms with E-state index >= 15 is 0 Å². The highest BCUT2D eigenvalue weighted by Gasteiger charge is 2.22. The predicted molar refractivity (Wildman–Crippen MR) is 98.6 cm³/mol. The van der Waals surface area contributed by atoms with Crippen LogP contribution in [-0.4, -0.2) is 29.2 Å². The summed E-state index contributed by atoms with van der Waals surface area (Å²) in [6, 6.07) is 7.21. The zero-order valence-electron chi connectivity index (χ0n) is 14.5. The Morgan fingerprint density at radius 3 is 3.00 bits per heavy atom. The number of aromatic nitrogens is 2. The van der Waals surface area contributed by atoms with Crippen LogP contribution in [-0.2, 0) is 0 Å². The molecule has 3 N–H and O–H groups in total. The van der Waals surface area contributed by atoms with Crippen LogP contribution in [0, 0.1) is 6.92 Å². The van der Waals surface area contributed by atoms with Crippen molar-refractivity contribution in [1.82, 2.24) is 15.5 Å². The third-order valence-electron chi connectivity index (χ3n) is 4.79. The first-order valence-electron chi connectivity index (χ1n) is 8.71. The minimum absolute atomic E-state index is 0.0437. The number of piperidine rings is 1. The number of hydrogen-bond donors (Lipinski definition) is 3. The molecule has 3 aromatic rings. The van der Waals surface area contributed by atoms with Gasteiger partial charge < -0.3 is 15.1 Å². The van der Waals surface area contributed by atoms with Crippen LogP contribution >= 0.6 is 0 Å². The molecule has 1 atom stereocenters. The first kappa shape index (κ1) is 16.5. The van der Waals surface area contributed by atoms with Crippen molar-refractivity contribution >= 4 is 22.5 Å². The van der Waals surface area contributed by atoms with Gasteiger partial charge in [-0.1, -0.05) is 0 Å². The van der Waals surface area contributed by atoms with E-state index in [2.05, 4.69) is 20.8 Å². The lowest BCUT2D eigenvalue weighted by atomic mass is 9.95. The molecule has 134 valence electrons. The molecule has 0 aliphatic carbocycles. The van der Waals surface area contributed by atoms with Crippen molar-refractivity contribution < 1.29 is 9.21 Å². The fourth-order valence-electron chi connectivity index (χ4n) is 3.41. The van der Waals surface area contributed by atoms with Gasteiger partial charge in [0.15, 0.2) is 0 Å². The van der Waals surface area contributed by atoms with Crippen LogP contribution in [0.5, 0.6) is 0 Å². The Kier molecular flexibility index (Phi) is 4.30. The Morgan fingerprint density at radius 1 is 1.35 bits per heavy atom. The number of benzene rings is 1. The average Bonchev–Trinajstić information content (AvgIpc) is 3.09. The van der Waals surface area contributed by atoms with Gasteiger partial charge in [0.05, 0.1) is 11.7 Å². The SMILES string of the molecule is Cc1cc(C2CCCNC2)oc(=O)c1C(=O)Nc1ccc2cn[nH]c2c1. The van der Waals surface area contributed by atoms with Crippen molar-refractivity contribution in [3.8, 4) is 0 Å². The minimum Gasteiger partial charge on any atom is -0.427 e. The number of anilines is 1. The van der Waals surface area contributed by atoms with Gasteiger partial charge in [-0.15, -0.1) is 0 Å². The lowest BCUT2D eigenvalue weighted by Crippen LogP contribution is -2.30. The molecule has 7 heteroatoms. The summed E-state index contributed by atoms with van der Waals surface area (Å²) < 4.78 is 5.47. The number of aryl methyl sites for hydroxylation is 1. The number of nitrogens with one attached hydrogen (secondary N) is 3. The third kappa shape index (κ3) is 3.13. The number of aromatic amines is 1. The minimum atomic E-state index is -0.592. The fraction of sp³-hybridized carbons (Fsp3) is 0.316. The Labute approximate surface area is 149 Å². The first-order chi connectivity index (χ1) is 12.6. The third-order valence-corrected chi connectivity index (χ3v) is 4.79. The summed E-state index contributed by atoms with van der Waals surface area (Å²) >= 11 is 0. The molecule has 0 saturated carbocycles. The van der Waals surface area contributed by atoms with Crippen LogP contribution in [0.15, 0.2) is 39.7 Å². The van der Waals surface area contributed by atoms with Crippen molar-refractivity contribution in [2.24, 2.45) is 0 Å². The van der Waals surface area contributed by atoms with Gasteiger partial charge in [-0.05, 0) is 56.1 Å². The van der Waals surface area contributed by atoms with Crippen LogP contribution in [0.25, 0.3) is 10.9 Å². The number of H-pyrrole nitrogens is 1. The number of amides is 1. The second-order valence-corrected chi connectivity index (χ2v) is 6.66. The maximum absolute atomic E-state index is 12.6. The Balaban J connectivity index is 1.59. The van der Waals surface area contributed by atoms with Crippen molar-refractivity contribution in [1.29, 1.82) is 0 Å². The summed E-state index contributed by atoms with van der Waals surface area (Å²) in [7, 11) is 0. The predicted octanol–water partition coefficient (Wildman–Crippen LogP) is 2.54. The van der Waals surface area contributed by atoms with E-state index in [1.165, 1.54) is 0 Å². The molecule has 0 spiro atoms. The molecule has 7 nitrogen and oxygen atoms in total. The molecule has 0 radical (unpaired) electrons. The Bertz CT molecular complexity index is 1020. The molecule has 4 rings (SSSR count). The molecule has 1 fully saturated rings. The Hall–Kier alpha value is -2.93. The smallest absolute Gasteiger partial charge is 0.349 e. The molecule has 0 bridgehead atoms. The topological polar surface area (TPSA) is 100 Å². The van der Waals surface area contributed by atoms with Crippen LogP contribution < -0.4 is 16.3 Å². The number of carbonyl (C=O) groups excluding carboxylic acids is 1. The summed E-state index contributed by atoms with van der Waals surface area (Å²) in [6.45, 7) is 3.54. The highest BCUT2D eigenvalue weighted by molar-refractivity contribution is 6.05. The molecule has 1 aliphatic rings. The molecule has 3 heterocycles. The number of nitrogens with zero attached hydrogens (tertiary/aromatic N) is 1. The van der Waals surface area contributed by atoms with Gasteiger partial charge in [-0.25, -0.2) is 4.79 Å². The monoisotopic (exact) mass is 352 g/mol. The number of fused-ring (bicyclic) bond motifs is 1. The Morgan fingerprint density at radius 2 is 2.23 bits per heavy atom. The second kappa shape index (κ2) is 6.76. The summed E-state index contributed by atoms with van der Waals surface area (Å²) in [5.41, 5.74) is 1.48. The maximum atomic E-state index is 12.6. The van der Waals surface area contributed by atoms with Gasteiger partial charge >= 0.3 is 5.63 Å². The molecule has 1 aliphatic heterocycles. The zero-order chi connectivity index (χ0) is 18.1. The standard InChI is InChI=1S/C19H20N4O3/c1-11-7-16(13-3-2-6-20-9-13)26-19(25)17(11)18(24)22-14-5-4-12-10-21-23-15(12)8-14/h4-5,7-8,10,13,20H,2-3,6,9H2,1H3,(H,21,23)(H,22,24). The highest BCUT2D eigenvalue weighted by Crippen LogP contribution is 2.24. The quantitative estimate of drug-likeness (QED) is 0.673. The zero-order valence-corrected chi connectivity index (χ0v) is 14.5. The second-order valence-electron chi connectivity index (χ2n) is 6.66. The molecular formula is C19H20N4O3. The molecule has 2 aromatic heterocycles. The first-order valence-corrected chi connectivity index (χ1v) is 8.71. The summed E-state index contributed by atoms with van der Waals surface area (Å²) in [5.74, 6) is 0.355.